The van der Waals surface area contributed by atoms with E-state index in [0.717, 1.165) is 21.3 Å². The Morgan fingerprint density at radius 3 is 2.75 bits per heavy atom. The van der Waals surface area contributed by atoms with Crippen molar-refractivity contribution < 1.29 is 4.74 Å². The molecule has 1 aromatic carbocycles. The first-order valence-electron chi connectivity index (χ1n) is 4.76. The molecule has 16 heavy (non-hydrogen) atoms. The minimum Gasteiger partial charge on any atom is -0.496 e. The summed E-state index contributed by atoms with van der Waals surface area (Å²) in [5.41, 5.74) is 8.41. The standard InChI is InChI=1S/C12H11BrN2O/c1-16-12-3-2-8(13)6-10(12)9-4-5-15-7-11(9)14/h2-7H,14H2,1H3. The maximum atomic E-state index is 5.89. The molecule has 2 N–H and O–H groups in total. The lowest BCUT2D eigenvalue weighted by atomic mass is 10.0. The van der Waals surface area contributed by atoms with Crippen LogP contribution in [-0.2, 0) is 0 Å². The maximum Gasteiger partial charge on any atom is 0.126 e. The molecule has 0 fully saturated rings. The second-order valence-corrected chi connectivity index (χ2v) is 4.22. The number of nitrogens with two attached hydrogens (primary N) is 1. The van der Waals surface area contributed by atoms with Gasteiger partial charge in [-0.25, -0.2) is 0 Å². The number of ether oxygens (including phenoxy) is 1. The van der Waals surface area contributed by atoms with Crippen LogP contribution in [0.3, 0.4) is 0 Å². The van der Waals surface area contributed by atoms with Crippen molar-refractivity contribution in [2.75, 3.05) is 12.8 Å². The molecule has 4 heteroatoms. The summed E-state index contributed by atoms with van der Waals surface area (Å²) in [5, 5.41) is 0. The highest BCUT2D eigenvalue weighted by molar-refractivity contribution is 9.10. The summed E-state index contributed by atoms with van der Waals surface area (Å²) >= 11 is 3.44. The summed E-state index contributed by atoms with van der Waals surface area (Å²) in [6.45, 7) is 0. The average Bonchev–Trinajstić information content (AvgIpc) is 2.29. The summed E-state index contributed by atoms with van der Waals surface area (Å²) in [5.74, 6) is 0.793. The lowest BCUT2D eigenvalue weighted by molar-refractivity contribution is 0.416. The van der Waals surface area contributed by atoms with E-state index in [9.17, 15) is 0 Å². The Labute approximate surface area is 102 Å². The van der Waals surface area contributed by atoms with E-state index in [1.807, 2.05) is 24.3 Å². The van der Waals surface area contributed by atoms with E-state index in [1.54, 1.807) is 19.5 Å². The molecule has 0 atom stereocenters. The predicted octanol–water partition coefficient (Wildman–Crippen LogP) is 3.10. The third-order valence-corrected chi connectivity index (χ3v) is 2.80. The summed E-state index contributed by atoms with van der Waals surface area (Å²) in [6, 6.07) is 7.68. The van der Waals surface area contributed by atoms with Gasteiger partial charge in [0.05, 0.1) is 19.0 Å². The van der Waals surface area contributed by atoms with Crippen molar-refractivity contribution in [1.29, 1.82) is 0 Å². The number of rotatable bonds is 2. The van der Waals surface area contributed by atoms with Gasteiger partial charge in [-0.05, 0) is 24.3 Å². The van der Waals surface area contributed by atoms with Crippen LogP contribution in [0.25, 0.3) is 11.1 Å². The Morgan fingerprint density at radius 2 is 2.06 bits per heavy atom. The van der Waals surface area contributed by atoms with Crippen molar-refractivity contribution in [3.05, 3.63) is 41.1 Å². The Bertz CT molecular complexity index is 514. The smallest absolute Gasteiger partial charge is 0.126 e. The van der Waals surface area contributed by atoms with Crippen LogP contribution in [0.5, 0.6) is 5.75 Å². The number of hydrogen-bond donors (Lipinski definition) is 1. The minimum atomic E-state index is 0.638. The number of nitrogen functional groups attached to an aromatic ring is 1. The topological polar surface area (TPSA) is 48.1 Å². The molecule has 0 radical (unpaired) electrons. The second-order valence-electron chi connectivity index (χ2n) is 3.31. The first-order chi connectivity index (χ1) is 7.72. The first kappa shape index (κ1) is 11.0. The van der Waals surface area contributed by atoms with Gasteiger partial charge in [0.25, 0.3) is 0 Å². The van der Waals surface area contributed by atoms with Gasteiger partial charge in [-0.2, -0.15) is 0 Å². The monoisotopic (exact) mass is 278 g/mol. The molecule has 0 amide bonds. The molecule has 0 spiro atoms. The highest BCUT2D eigenvalue weighted by atomic mass is 79.9. The van der Waals surface area contributed by atoms with Crippen molar-refractivity contribution in [2.45, 2.75) is 0 Å². The molecule has 0 aliphatic heterocycles. The Kier molecular flexibility index (Phi) is 3.10. The highest BCUT2D eigenvalue weighted by Crippen LogP contribution is 2.35. The number of methoxy groups -OCH3 is 1. The van der Waals surface area contributed by atoms with Crippen LogP contribution < -0.4 is 10.5 Å². The number of benzene rings is 1. The fraction of sp³-hybridized carbons (Fsp3) is 0.0833. The minimum absolute atomic E-state index is 0.638. The molecular formula is C12H11BrN2O. The first-order valence-corrected chi connectivity index (χ1v) is 5.55. The van der Waals surface area contributed by atoms with Gasteiger partial charge in [0.1, 0.15) is 5.75 Å². The van der Waals surface area contributed by atoms with Gasteiger partial charge in [0.2, 0.25) is 0 Å². The second kappa shape index (κ2) is 4.53. The average molecular weight is 279 g/mol. The molecule has 0 bridgehead atoms. The van der Waals surface area contributed by atoms with Crippen LogP contribution in [0.1, 0.15) is 0 Å². The summed E-state index contributed by atoms with van der Waals surface area (Å²) in [6.07, 6.45) is 3.35. The zero-order valence-electron chi connectivity index (χ0n) is 8.77. The Hall–Kier alpha value is -1.55. The van der Waals surface area contributed by atoms with Crippen LogP contribution in [-0.4, -0.2) is 12.1 Å². The fourth-order valence-electron chi connectivity index (χ4n) is 1.54. The van der Waals surface area contributed by atoms with Crippen molar-refractivity contribution in [3.63, 3.8) is 0 Å². The van der Waals surface area contributed by atoms with Gasteiger partial charge in [-0.15, -0.1) is 0 Å². The van der Waals surface area contributed by atoms with Crippen LogP contribution in [0.2, 0.25) is 0 Å². The zero-order chi connectivity index (χ0) is 11.5. The Morgan fingerprint density at radius 1 is 1.25 bits per heavy atom. The number of halogens is 1. The van der Waals surface area contributed by atoms with E-state index < -0.39 is 0 Å². The van der Waals surface area contributed by atoms with Crippen molar-refractivity contribution in [3.8, 4) is 16.9 Å². The normalized spacial score (nSPS) is 10.1. The number of nitrogens with zero attached hydrogens (tertiary/aromatic N) is 1. The molecule has 0 aliphatic carbocycles. The van der Waals surface area contributed by atoms with E-state index >= 15 is 0 Å². The van der Waals surface area contributed by atoms with Gasteiger partial charge in [-0.3, -0.25) is 4.98 Å². The van der Waals surface area contributed by atoms with Crippen molar-refractivity contribution in [2.24, 2.45) is 0 Å². The molecule has 3 nitrogen and oxygen atoms in total. The SMILES string of the molecule is COc1ccc(Br)cc1-c1ccncc1N. The molecule has 1 heterocycles. The summed E-state index contributed by atoms with van der Waals surface area (Å²) in [7, 11) is 1.64. The van der Waals surface area contributed by atoms with Gasteiger partial charge in [0.15, 0.2) is 0 Å². The fourth-order valence-corrected chi connectivity index (χ4v) is 1.90. The van der Waals surface area contributed by atoms with Gasteiger partial charge >= 0.3 is 0 Å². The third-order valence-electron chi connectivity index (χ3n) is 2.30. The van der Waals surface area contributed by atoms with Crippen LogP contribution >= 0.6 is 15.9 Å². The van der Waals surface area contributed by atoms with Gasteiger partial charge in [-0.1, -0.05) is 15.9 Å². The molecule has 0 unspecified atom stereocenters. The third kappa shape index (κ3) is 2.02. The summed E-state index contributed by atoms with van der Waals surface area (Å²) < 4.78 is 6.30. The van der Waals surface area contributed by atoms with E-state index in [2.05, 4.69) is 20.9 Å². The van der Waals surface area contributed by atoms with E-state index in [0.29, 0.717) is 5.69 Å². The molecule has 2 rings (SSSR count). The lowest BCUT2D eigenvalue weighted by Crippen LogP contribution is -1.93. The molecule has 0 aliphatic rings. The number of aromatic nitrogens is 1. The number of hydrogen-bond acceptors (Lipinski definition) is 3. The lowest BCUT2D eigenvalue weighted by Gasteiger charge is -2.10. The van der Waals surface area contributed by atoms with Gasteiger partial charge < -0.3 is 10.5 Å². The van der Waals surface area contributed by atoms with Crippen LogP contribution in [0, 0.1) is 0 Å². The van der Waals surface area contributed by atoms with Crippen molar-refractivity contribution in [1.82, 2.24) is 4.98 Å². The zero-order valence-corrected chi connectivity index (χ0v) is 10.4. The Balaban J connectivity index is 2.63. The van der Waals surface area contributed by atoms with Gasteiger partial charge in [0, 0.05) is 21.8 Å². The predicted molar refractivity (Wildman–Crippen MR) is 68.3 cm³/mol. The highest BCUT2D eigenvalue weighted by Gasteiger charge is 2.09. The van der Waals surface area contributed by atoms with E-state index in [-0.39, 0.29) is 0 Å². The van der Waals surface area contributed by atoms with Crippen LogP contribution in [0.4, 0.5) is 5.69 Å². The van der Waals surface area contributed by atoms with Crippen LogP contribution in [0.15, 0.2) is 41.1 Å². The quantitative estimate of drug-likeness (QED) is 0.918. The molecular weight excluding hydrogens is 268 g/mol. The van der Waals surface area contributed by atoms with Crippen molar-refractivity contribution >= 4 is 21.6 Å². The largest absolute Gasteiger partial charge is 0.496 e. The molecule has 0 saturated carbocycles. The molecule has 0 saturated heterocycles. The van der Waals surface area contributed by atoms with E-state index in [1.165, 1.54) is 0 Å². The number of anilines is 1. The molecule has 82 valence electrons. The van der Waals surface area contributed by atoms with E-state index in [4.69, 9.17) is 10.5 Å². The summed E-state index contributed by atoms with van der Waals surface area (Å²) in [4.78, 5) is 3.97. The molecule has 2 aromatic rings. The number of pyridine rings is 1. The maximum absolute atomic E-state index is 5.89. The molecule has 1 aromatic heterocycles.